The van der Waals surface area contributed by atoms with Gasteiger partial charge >= 0.3 is 12.4 Å². The average molecular weight is 313 g/mol. The van der Waals surface area contributed by atoms with Crippen molar-refractivity contribution in [3.63, 3.8) is 0 Å². The molecule has 1 amide bonds. The fraction of sp³-hybridized carbons (Fsp3) is 0.462. The van der Waals surface area contributed by atoms with Gasteiger partial charge in [0.2, 0.25) is 5.91 Å². The highest BCUT2D eigenvalue weighted by atomic mass is 19.4. The van der Waals surface area contributed by atoms with Gasteiger partial charge in [-0.3, -0.25) is 4.79 Å². The molecule has 0 aromatic heterocycles. The number of amides is 1. The fourth-order valence-electron chi connectivity index (χ4n) is 1.72. The van der Waals surface area contributed by atoms with Crippen LogP contribution in [0, 0.1) is 0 Å². The van der Waals surface area contributed by atoms with Crippen molar-refractivity contribution >= 4 is 5.91 Å². The first-order valence-electron chi connectivity index (χ1n) is 5.87. The molecule has 0 aliphatic rings. The first-order chi connectivity index (χ1) is 9.34. The standard InChI is InChI=1S/C13H13F6NO/c1-7(20(3)8(2)21)9-4-10(12(14,15)16)6-11(5-9)13(17,18)19/h4-7H,1-3H3/t7-/m1/s1. The third kappa shape index (κ3) is 4.12. The molecule has 0 saturated carbocycles. The summed E-state index contributed by atoms with van der Waals surface area (Å²) in [6.07, 6.45) is -9.80. The second kappa shape index (κ2) is 5.57. The van der Waals surface area contributed by atoms with Crippen molar-refractivity contribution in [2.75, 3.05) is 7.05 Å². The molecule has 8 heteroatoms. The molecule has 21 heavy (non-hydrogen) atoms. The van der Waals surface area contributed by atoms with Crippen molar-refractivity contribution in [2.45, 2.75) is 32.2 Å². The van der Waals surface area contributed by atoms with Crippen molar-refractivity contribution in [3.05, 3.63) is 34.9 Å². The van der Waals surface area contributed by atoms with E-state index in [1.807, 2.05) is 0 Å². The molecule has 0 heterocycles. The van der Waals surface area contributed by atoms with Crippen LogP contribution in [0.1, 0.15) is 36.6 Å². The SMILES string of the molecule is CC(=O)N(C)[C@H](C)c1cc(C(F)(F)F)cc(C(F)(F)F)c1. The monoisotopic (exact) mass is 313 g/mol. The van der Waals surface area contributed by atoms with Gasteiger partial charge in [0, 0.05) is 14.0 Å². The van der Waals surface area contributed by atoms with Gasteiger partial charge in [0.1, 0.15) is 0 Å². The highest BCUT2D eigenvalue weighted by Crippen LogP contribution is 2.38. The molecule has 0 aliphatic heterocycles. The van der Waals surface area contributed by atoms with E-state index >= 15 is 0 Å². The van der Waals surface area contributed by atoms with Gasteiger partial charge in [-0.25, -0.2) is 0 Å². The maximum Gasteiger partial charge on any atom is 0.416 e. The third-order valence-corrected chi connectivity index (χ3v) is 3.17. The first-order valence-corrected chi connectivity index (χ1v) is 5.87. The van der Waals surface area contributed by atoms with Crippen LogP contribution in [0.15, 0.2) is 18.2 Å². The summed E-state index contributed by atoms with van der Waals surface area (Å²) < 4.78 is 76.3. The van der Waals surface area contributed by atoms with Crippen LogP contribution in [0.4, 0.5) is 26.3 Å². The number of carbonyl (C=O) groups is 1. The van der Waals surface area contributed by atoms with Gasteiger partial charge in [0.05, 0.1) is 17.2 Å². The molecule has 1 aromatic rings. The van der Waals surface area contributed by atoms with Crippen LogP contribution in [-0.2, 0) is 17.1 Å². The third-order valence-electron chi connectivity index (χ3n) is 3.17. The van der Waals surface area contributed by atoms with Gasteiger partial charge in [-0.15, -0.1) is 0 Å². The minimum atomic E-state index is -4.90. The van der Waals surface area contributed by atoms with Gasteiger partial charge in [-0.2, -0.15) is 26.3 Å². The molecule has 1 rings (SSSR count). The zero-order chi connectivity index (χ0) is 16.6. The molecule has 2 nitrogen and oxygen atoms in total. The molecular weight excluding hydrogens is 300 g/mol. The van der Waals surface area contributed by atoms with Crippen LogP contribution >= 0.6 is 0 Å². The lowest BCUT2D eigenvalue weighted by Gasteiger charge is -2.25. The maximum absolute atomic E-state index is 12.7. The number of hydrogen-bond donors (Lipinski definition) is 0. The van der Waals surface area contributed by atoms with Crippen LogP contribution in [0.25, 0.3) is 0 Å². The highest BCUT2D eigenvalue weighted by Gasteiger charge is 2.37. The van der Waals surface area contributed by atoms with E-state index < -0.39 is 35.4 Å². The molecule has 1 atom stereocenters. The van der Waals surface area contributed by atoms with Crippen molar-refractivity contribution in [1.29, 1.82) is 0 Å². The summed E-state index contributed by atoms with van der Waals surface area (Å²) in [6.45, 7) is 2.53. The summed E-state index contributed by atoms with van der Waals surface area (Å²) in [4.78, 5) is 12.3. The molecule has 0 spiro atoms. The largest absolute Gasteiger partial charge is 0.416 e. The Morgan fingerprint density at radius 1 is 1.00 bits per heavy atom. The predicted octanol–water partition coefficient (Wildman–Crippen LogP) is 4.26. The van der Waals surface area contributed by atoms with Crippen molar-refractivity contribution < 1.29 is 31.1 Å². The Morgan fingerprint density at radius 3 is 1.67 bits per heavy atom. The van der Waals surface area contributed by atoms with Gasteiger partial charge < -0.3 is 4.90 Å². The topological polar surface area (TPSA) is 20.3 Å². The predicted molar refractivity (Wildman–Crippen MR) is 63.3 cm³/mol. The lowest BCUT2D eigenvalue weighted by atomic mass is 9.99. The Morgan fingerprint density at radius 2 is 1.38 bits per heavy atom. The van der Waals surface area contributed by atoms with Gasteiger partial charge in [0.25, 0.3) is 0 Å². The summed E-state index contributed by atoms with van der Waals surface area (Å²) in [5.41, 5.74) is -3.01. The van der Waals surface area contributed by atoms with E-state index in [0.29, 0.717) is 12.1 Å². The van der Waals surface area contributed by atoms with Gasteiger partial charge in [0.15, 0.2) is 0 Å². The van der Waals surface area contributed by atoms with E-state index in [9.17, 15) is 31.1 Å². The quantitative estimate of drug-likeness (QED) is 0.747. The zero-order valence-corrected chi connectivity index (χ0v) is 11.4. The maximum atomic E-state index is 12.7. The Balaban J connectivity index is 3.42. The second-order valence-corrected chi connectivity index (χ2v) is 4.65. The van der Waals surface area contributed by atoms with E-state index in [2.05, 4.69) is 0 Å². The molecule has 118 valence electrons. The summed E-state index contributed by atoms with van der Waals surface area (Å²) in [5.74, 6) is -0.464. The number of benzene rings is 1. The molecule has 0 N–H and O–H groups in total. The smallest absolute Gasteiger partial charge is 0.339 e. The number of rotatable bonds is 2. The van der Waals surface area contributed by atoms with Gasteiger partial charge in [-0.1, -0.05) is 0 Å². The normalized spacial score (nSPS) is 14.0. The van der Waals surface area contributed by atoms with E-state index in [1.165, 1.54) is 20.9 Å². The molecular formula is C13H13F6NO. The average Bonchev–Trinajstić information content (AvgIpc) is 2.34. The minimum absolute atomic E-state index is 0.0595. The van der Waals surface area contributed by atoms with E-state index in [1.54, 1.807) is 0 Å². The minimum Gasteiger partial charge on any atom is -0.339 e. The Hall–Kier alpha value is -1.73. The first kappa shape index (κ1) is 17.3. The van der Waals surface area contributed by atoms with E-state index in [4.69, 9.17) is 0 Å². The van der Waals surface area contributed by atoms with Crippen LogP contribution < -0.4 is 0 Å². The lowest BCUT2D eigenvalue weighted by molar-refractivity contribution is -0.143. The molecule has 0 unspecified atom stereocenters. The van der Waals surface area contributed by atoms with E-state index in [0.717, 1.165) is 4.90 Å². The summed E-state index contributed by atoms with van der Waals surface area (Å²) in [5, 5.41) is 0. The number of hydrogen-bond acceptors (Lipinski definition) is 1. The summed E-state index contributed by atoms with van der Waals surface area (Å²) >= 11 is 0. The zero-order valence-electron chi connectivity index (χ0n) is 11.4. The molecule has 0 radical (unpaired) electrons. The molecule has 0 aliphatic carbocycles. The number of alkyl halides is 6. The molecule has 0 saturated heterocycles. The fourth-order valence-corrected chi connectivity index (χ4v) is 1.72. The summed E-state index contributed by atoms with van der Waals surface area (Å²) in [6, 6.07) is 0.397. The van der Waals surface area contributed by atoms with Crippen molar-refractivity contribution in [3.8, 4) is 0 Å². The van der Waals surface area contributed by atoms with Crippen LogP contribution in [-0.4, -0.2) is 17.9 Å². The molecule has 0 bridgehead atoms. The van der Waals surface area contributed by atoms with Crippen LogP contribution in [0.3, 0.4) is 0 Å². The number of halogens is 6. The summed E-state index contributed by atoms with van der Waals surface area (Å²) in [7, 11) is 1.31. The second-order valence-electron chi connectivity index (χ2n) is 4.65. The van der Waals surface area contributed by atoms with Crippen LogP contribution in [0.2, 0.25) is 0 Å². The highest BCUT2D eigenvalue weighted by molar-refractivity contribution is 5.73. The van der Waals surface area contributed by atoms with Crippen LogP contribution in [0.5, 0.6) is 0 Å². The van der Waals surface area contributed by atoms with E-state index in [-0.39, 0.29) is 11.6 Å². The lowest BCUT2D eigenvalue weighted by Crippen LogP contribution is -2.27. The van der Waals surface area contributed by atoms with Gasteiger partial charge in [-0.05, 0) is 30.7 Å². The molecule has 1 aromatic carbocycles. The Kier molecular flexibility index (Phi) is 4.60. The van der Waals surface area contributed by atoms with Crippen molar-refractivity contribution in [2.24, 2.45) is 0 Å². The Labute approximate surface area is 117 Å². The van der Waals surface area contributed by atoms with Crippen molar-refractivity contribution in [1.82, 2.24) is 4.90 Å². The Bertz CT molecular complexity index is 502. The molecule has 0 fully saturated rings. The number of carbonyl (C=O) groups excluding carboxylic acids is 1. The number of nitrogens with zero attached hydrogens (tertiary/aromatic N) is 1.